The van der Waals surface area contributed by atoms with E-state index in [1.165, 1.54) is 0 Å². The molecule has 1 N–H and O–H groups in total. The Kier molecular flexibility index (Phi) is 3.10. The zero-order chi connectivity index (χ0) is 15.3. The van der Waals surface area contributed by atoms with Gasteiger partial charge in [-0.2, -0.15) is 0 Å². The van der Waals surface area contributed by atoms with E-state index < -0.39 is 0 Å². The largest absolute Gasteiger partial charge is 0.492 e. The predicted octanol–water partition coefficient (Wildman–Crippen LogP) is 2.22. The second-order valence-corrected chi connectivity index (χ2v) is 6.34. The minimum absolute atomic E-state index is 0.0576. The number of benzene rings is 1. The van der Waals surface area contributed by atoms with Crippen molar-refractivity contribution in [3.63, 3.8) is 0 Å². The third kappa shape index (κ3) is 1.91. The minimum Gasteiger partial charge on any atom is -0.492 e. The van der Waals surface area contributed by atoms with Gasteiger partial charge in [0.25, 0.3) is 0 Å². The van der Waals surface area contributed by atoms with Gasteiger partial charge in [0.1, 0.15) is 11.9 Å². The van der Waals surface area contributed by atoms with E-state index in [2.05, 4.69) is 5.32 Å². The molecule has 3 fully saturated rings. The van der Waals surface area contributed by atoms with Gasteiger partial charge in [-0.15, -0.1) is 0 Å². The molecule has 0 radical (unpaired) electrons. The molecule has 0 spiro atoms. The lowest BCUT2D eigenvalue weighted by Crippen LogP contribution is -2.35. The van der Waals surface area contributed by atoms with Crippen LogP contribution in [0.4, 0.5) is 5.69 Å². The van der Waals surface area contributed by atoms with E-state index in [4.69, 9.17) is 9.47 Å². The Hall–Kier alpha value is -2.04. The van der Waals surface area contributed by atoms with E-state index in [1.807, 2.05) is 31.2 Å². The number of fused-ring (bicyclic) bond motifs is 1. The maximum Gasteiger partial charge on any atom is 0.310 e. The SMILES string of the molecule is CCOc1ccccc1NC(=O)[C@H]1[C@@H]2C[C@H]3[C@@H]1C(=O)O[C@@H]3C2. The van der Waals surface area contributed by atoms with E-state index >= 15 is 0 Å². The molecule has 3 aliphatic rings. The Bertz CT molecular complexity index is 627. The van der Waals surface area contributed by atoms with Gasteiger partial charge in [0, 0.05) is 5.92 Å². The van der Waals surface area contributed by atoms with Gasteiger partial charge in [-0.25, -0.2) is 0 Å². The van der Waals surface area contributed by atoms with E-state index in [1.54, 1.807) is 0 Å². The summed E-state index contributed by atoms with van der Waals surface area (Å²) in [7, 11) is 0. The molecule has 5 atom stereocenters. The molecule has 2 saturated carbocycles. The van der Waals surface area contributed by atoms with Crippen LogP contribution in [0.3, 0.4) is 0 Å². The smallest absolute Gasteiger partial charge is 0.310 e. The zero-order valence-electron chi connectivity index (χ0n) is 12.5. The number of nitrogens with one attached hydrogen (secondary N) is 1. The van der Waals surface area contributed by atoms with Crippen LogP contribution in [-0.2, 0) is 14.3 Å². The highest BCUT2D eigenvalue weighted by molar-refractivity contribution is 5.97. The van der Waals surface area contributed by atoms with Crippen molar-refractivity contribution in [2.24, 2.45) is 23.7 Å². The fourth-order valence-corrected chi connectivity index (χ4v) is 4.43. The number of ether oxygens (including phenoxy) is 2. The van der Waals surface area contributed by atoms with Crippen LogP contribution in [0.1, 0.15) is 19.8 Å². The number of para-hydroxylation sites is 2. The number of amides is 1. The van der Waals surface area contributed by atoms with Crippen molar-refractivity contribution in [3.8, 4) is 5.75 Å². The molecular formula is C17H19NO4. The molecule has 5 heteroatoms. The lowest BCUT2D eigenvalue weighted by molar-refractivity contribution is -0.145. The molecule has 1 amide bonds. The number of hydrogen-bond acceptors (Lipinski definition) is 4. The summed E-state index contributed by atoms with van der Waals surface area (Å²) < 4.78 is 10.9. The summed E-state index contributed by atoms with van der Waals surface area (Å²) in [5.74, 6) is 0.401. The maximum atomic E-state index is 12.7. The summed E-state index contributed by atoms with van der Waals surface area (Å²) in [4.78, 5) is 24.7. The van der Waals surface area contributed by atoms with Crippen molar-refractivity contribution in [1.82, 2.24) is 0 Å². The van der Waals surface area contributed by atoms with Crippen LogP contribution in [0.15, 0.2) is 24.3 Å². The molecule has 1 aromatic rings. The number of esters is 1. The molecule has 1 aromatic carbocycles. The first kappa shape index (κ1) is 13.6. The van der Waals surface area contributed by atoms with Crippen LogP contribution in [0.5, 0.6) is 5.75 Å². The summed E-state index contributed by atoms with van der Waals surface area (Å²) in [5, 5.41) is 2.95. The van der Waals surface area contributed by atoms with E-state index in [0.29, 0.717) is 18.0 Å². The number of rotatable bonds is 4. The van der Waals surface area contributed by atoms with Crippen molar-refractivity contribution >= 4 is 17.6 Å². The molecule has 5 nitrogen and oxygen atoms in total. The fraction of sp³-hybridized carbons (Fsp3) is 0.529. The van der Waals surface area contributed by atoms with Crippen LogP contribution < -0.4 is 10.1 Å². The van der Waals surface area contributed by atoms with Gasteiger partial charge < -0.3 is 14.8 Å². The van der Waals surface area contributed by atoms with Gasteiger partial charge >= 0.3 is 5.97 Å². The molecular weight excluding hydrogens is 282 g/mol. The van der Waals surface area contributed by atoms with Crippen molar-refractivity contribution in [2.75, 3.05) is 11.9 Å². The Morgan fingerprint density at radius 3 is 3.00 bits per heavy atom. The highest BCUT2D eigenvalue weighted by atomic mass is 16.6. The Balaban J connectivity index is 1.55. The molecule has 1 aliphatic heterocycles. The van der Waals surface area contributed by atoms with E-state index in [9.17, 15) is 9.59 Å². The molecule has 0 unspecified atom stereocenters. The van der Waals surface area contributed by atoms with Crippen molar-refractivity contribution in [3.05, 3.63) is 24.3 Å². The van der Waals surface area contributed by atoms with Crippen molar-refractivity contribution in [1.29, 1.82) is 0 Å². The van der Waals surface area contributed by atoms with Crippen LogP contribution in [0.2, 0.25) is 0 Å². The number of carbonyl (C=O) groups excluding carboxylic acids is 2. The lowest BCUT2D eigenvalue weighted by Gasteiger charge is -2.24. The van der Waals surface area contributed by atoms with Gasteiger partial charge in [-0.05, 0) is 37.8 Å². The minimum atomic E-state index is -0.258. The monoisotopic (exact) mass is 301 g/mol. The first-order chi connectivity index (χ1) is 10.7. The average molecular weight is 301 g/mol. The Morgan fingerprint density at radius 2 is 2.18 bits per heavy atom. The van der Waals surface area contributed by atoms with Gasteiger partial charge in [0.15, 0.2) is 0 Å². The highest BCUT2D eigenvalue weighted by Crippen LogP contribution is 2.57. The second-order valence-electron chi connectivity index (χ2n) is 6.34. The van der Waals surface area contributed by atoms with Crippen LogP contribution in [-0.4, -0.2) is 24.6 Å². The topological polar surface area (TPSA) is 64.6 Å². The summed E-state index contributed by atoms with van der Waals surface area (Å²) in [5.41, 5.74) is 0.667. The van der Waals surface area contributed by atoms with Crippen LogP contribution in [0, 0.1) is 23.7 Å². The standard InChI is InChI=1S/C17H19NO4/c1-2-21-12-6-4-3-5-11(12)18-16(19)14-9-7-10-13(8-9)22-17(20)15(10)14/h3-6,9-10,13-15H,2,7-8H2,1H3,(H,18,19)/t9-,10-,13-,14+,15+/m1/s1. The summed E-state index contributed by atoms with van der Waals surface area (Å²) in [6, 6.07) is 7.39. The van der Waals surface area contributed by atoms with Crippen LogP contribution >= 0.6 is 0 Å². The first-order valence-corrected chi connectivity index (χ1v) is 7.92. The Morgan fingerprint density at radius 1 is 1.36 bits per heavy atom. The number of hydrogen-bond donors (Lipinski definition) is 1. The van der Waals surface area contributed by atoms with Crippen LogP contribution in [0.25, 0.3) is 0 Å². The predicted molar refractivity (Wildman–Crippen MR) is 79.3 cm³/mol. The maximum absolute atomic E-state index is 12.7. The second kappa shape index (κ2) is 5.00. The van der Waals surface area contributed by atoms with Gasteiger partial charge in [0.05, 0.1) is 24.1 Å². The quantitative estimate of drug-likeness (QED) is 0.866. The molecule has 116 valence electrons. The average Bonchev–Trinajstić information content (AvgIpc) is 3.11. The summed E-state index contributed by atoms with van der Waals surface area (Å²) >= 11 is 0. The number of anilines is 1. The highest BCUT2D eigenvalue weighted by Gasteiger charge is 2.63. The van der Waals surface area contributed by atoms with E-state index in [0.717, 1.165) is 12.8 Å². The zero-order valence-corrected chi connectivity index (χ0v) is 12.5. The van der Waals surface area contributed by atoms with Gasteiger partial charge in [0.2, 0.25) is 5.91 Å². The third-order valence-corrected chi connectivity index (χ3v) is 5.23. The van der Waals surface area contributed by atoms with Crippen molar-refractivity contribution < 1.29 is 19.1 Å². The van der Waals surface area contributed by atoms with Crippen molar-refractivity contribution in [2.45, 2.75) is 25.9 Å². The van der Waals surface area contributed by atoms with Gasteiger partial charge in [-0.1, -0.05) is 12.1 Å². The summed E-state index contributed by atoms with van der Waals surface area (Å²) in [6.45, 7) is 2.45. The van der Waals surface area contributed by atoms with E-state index in [-0.39, 0.29) is 41.7 Å². The molecule has 4 rings (SSSR count). The molecule has 1 saturated heterocycles. The normalized spacial score (nSPS) is 34.6. The third-order valence-electron chi connectivity index (χ3n) is 5.23. The first-order valence-electron chi connectivity index (χ1n) is 7.92. The fourth-order valence-electron chi connectivity index (χ4n) is 4.43. The Labute approximate surface area is 129 Å². The lowest BCUT2D eigenvalue weighted by atomic mass is 9.79. The molecule has 22 heavy (non-hydrogen) atoms. The molecule has 0 aromatic heterocycles. The number of carbonyl (C=O) groups is 2. The summed E-state index contributed by atoms with van der Waals surface area (Å²) in [6.07, 6.45) is 1.83. The van der Waals surface area contributed by atoms with Gasteiger partial charge in [-0.3, -0.25) is 9.59 Å². The molecule has 2 aliphatic carbocycles. The molecule has 2 bridgehead atoms. The molecule has 1 heterocycles.